The number of thioether (sulfide) groups is 1. The second kappa shape index (κ2) is 15.2. The summed E-state index contributed by atoms with van der Waals surface area (Å²) in [6.45, 7) is 10.1. The van der Waals surface area contributed by atoms with E-state index in [0.717, 1.165) is 28.7 Å². The molecular weight excluding hydrogens is 522 g/mol. The molecule has 0 heterocycles. The Kier molecular flexibility index (Phi) is 12.7. The van der Waals surface area contributed by atoms with Gasteiger partial charge in [-0.05, 0) is 47.1 Å². The van der Waals surface area contributed by atoms with E-state index in [2.05, 4.69) is 19.2 Å². The van der Waals surface area contributed by atoms with Crippen molar-refractivity contribution in [2.45, 2.75) is 64.7 Å². The molecular formula is C29H41NO6S2. The molecule has 0 spiro atoms. The molecule has 0 fully saturated rings. The number of alkyl carbamates (subject to hydrolysis) is 1. The van der Waals surface area contributed by atoms with Crippen molar-refractivity contribution in [1.82, 2.24) is 5.32 Å². The lowest BCUT2D eigenvalue weighted by Crippen LogP contribution is -2.41. The zero-order chi connectivity index (χ0) is 28.2. The van der Waals surface area contributed by atoms with Crippen LogP contribution in [0.1, 0.15) is 52.2 Å². The molecule has 0 aromatic heterocycles. The number of amides is 1. The summed E-state index contributed by atoms with van der Waals surface area (Å²) in [4.78, 5) is 12.8. The molecule has 0 aliphatic rings. The van der Waals surface area contributed by atoms with Crippen molar-refractivity contribution >= 4 is 28.0 Å². The van der Waals surface area contributed by atoms with Gasteiger partial charge in [-0.15, -0.1) is 0 Å². The third kappa shape index (κ3) is 12.8. The number of methoxy groups -OCH3 is 1. The number of hydrogen-bond acceptors (Lipinski definition) is 7. The third-order valence-corrected chi connectivity index (χ3v) is 7.68. The highest BCUT2D eigenvalue weighted by atomic mass is 32.2. The summed E-state index contributed by atoms with van der Waals surface area (Å²) in [7, 11) is -2.31. The van der Waals surface area contributed by atoms with Crippen molar-refractivity contribution in [2.24, 2.45) is 11.3 Å². The molecule has 0 aliphatic heterocycles. The van der Waals surface area contributed by atoms with Gasteiger partial charge < -0.3 is 14.8 Å². The van der Waals surface area contributed by atoms with E-state index >= 15 is 0 Å². The Bertz CT molecular complexity index is 1110. The van der Waals surface area contributed by atoms with Gasteiger partial charge in [-0.3, -0.25) is 4.18 Å². The fourth-order valence-electron chi connectivity index (χ4n) is 3.35. The van der Waals surface area contributed by atoms with Gasteiger partial charge in [-0.1, -0.05) is 77.1 Å². The molecule has 0 saturated heterocycles. The van der Waals surface area contributed by atoms with Gasteiger partial charge in [-0.2, -0.15) is 20.2 Å². The first-order valence-electron chi connectivity index (χ1n) is 12.7. The van der Waals surface area contributed by atoms with Crippen LogP contribution >= 0.6 is 11.8 Å². The van der Waals surface area contributed by atoms with Crippen molar-refractivity contribution in [1.29, 1.82) is 0 Å². The fraction of sp³-hybridized carbons (Fsp3) is 0.483. The quantitative estimate of drug-likeness (QED) is 0.261. The summed E-state index contributed by atoms with van der Waals surface area (Å²) in [5.74, 6) is 1.77. The van der Waals surface area contributed by atoms with Gasteiger partial charge in [0.15, 0.2) is 0 Å². The summed E-state index contributed by atoms with van der Waals surface area (Å²) in [6, 6.07) is 16.6. The Labute approximate surface area is 232 Å². The normalized spacial score (nSPS) is 13.9. The van der Waals surface area contributed by atoms with Gasteiger partial charge >= 0.3 is 6.09 Å². The lowest BCUT2D eigenvalue weighted by atomic mass is 9.99. The SMILES string of the molecule is COc1ccc(CSC(CC(C)C)C(C=CS(=O)(=O)OCC(C)(C)C)NC(=O)OCc2ccccc2)cc1. The van der Waals surface area contributed by atoms with Crippen LogP contribution < -0.4 is 10.1 Å². The molecule has 2 unspecified atom stereocenters. The number of ether oxygens (including phenoxy) is 2. The minimum Gasteiger partial charge on any atom is -0.497 e. The van der Waals surface area contributed by atoms with E-state index in [1.165, 1.54) is 6.08 Å². The maximum absolute atomic E-state index is 12.8. The largest absolute Gasteiger partial charge is 0.497 e. The average molecular weight is 564 g/mol. The molecule has 0 saturated carbocycles. The minimum atomic E-state index is -3.93. The molecule has 0 aliphatic carbocycles. The van der Waals surface area contributed by atoms with Crippen LogP contribution in [0.15, 0.2) is 66.1 Å². The Morgan fingerprint density at radius 2 is 1.68 bits per heavy atom. The highest BCUT2D eigenvalue weighted by molar-refractivity contribution is 7.99. The highest BCUT2D eigenvalue weighted by Gasteiger charge is 2.25. The van der Waals surface area contributed by atoms with E-state index in [9.17, 15) is 13.2 Å². The second-order valence-electron chi connectivity index (χ2n) is 10.7. The van der Waals surface area contributed by atoms with Crippen LogP contribution in [0.2, 0.25) is 0 Å². The van der Waals surface area contributed by atoms with Gasteiger partial charge in [-0.25, -0.2) is 4.79 Å². The maximum atomic E-state index is 12.8. The predicted molar refractivity (Wildman–Crippen MR) is 155 cm³/mol. The molecule has 2 atom stereocenters. The van der Waals surface area contributed by atoms with Crippen LogP contribution in [-0.4, -0.2) is 39.5 Å². The lowest BCUT2D eigenvalue weighted by molar-refractivity contribution is 0.137. The standard InChI is InChI=1S/C29H41NO6S2/c1-22(2)18-27(37-20-24-12-14-25(34-6)15-13-24)26(16-17-38(32,33)36-21-29(3,4)5)30-28(31)35-19-23-10-8-7-9-11-23/h7-17,22,26-27H,18-21H2,1-6H3,(H,30,31). The van der Waals surface area contributed by atoms with E-state index in [1.54, 1.807) is 18.9 Å². The molecule has 2 aromatic carbocycles. The van der Waals surface area contributed by atoms with E-state index in [1.807, 2.05) is 75.4 Å². The summed E-state index contributed by atoms with van der Waals surface area (Å²) in [5, 5.41) is 3.81. The topological polar surface area (TPSA) is 90.9 Å². The molecule has 1 amide bonds. The van der Waals surface area contributed by atoms with Gasteiger partial charge in [0.25, 0.3) is 10.1 Å². The molecule has 2 aromatic rings. The van der Waals surface area contributed by atoms with Crippen molar-refractivity contribution in [2.75, 3.05) is 13.7 Å². The van der Waals surface area contributed by atoms with Crippen molar-refractivity contribution in [3.05, 3.63) is 77.2 Å². The third-order valence-electron chi connectivity index (χ3n) is 5.33. The Morgan fingerprint density at radius 3 is 2.26 bits per heavy atom. The van der Waals surface area contributed by atoms with E-state index in [4.69, 9.17) is 13.7 Å². The smallest absolute Gasteiger partial charge is 0.407 e. The molecule has 38 heavy (non-hydrogen) atoms. The summed E-state index contributed by atoms with van der Waals surface area (Å²) >= 11 is 1.65. The summed E-state index contributed by atoms with van der Waals surface area (Å²) in [5.41, 5.74) is 1.65. The average Bonchev–Trinajstić information content (AvgIpc) is 2.87. The van der Waals surface area contributed by atoms with Gasteiger partial charge in [0, 0.05) is 11.0 Å². The first kappa shape index (κ1) is 31.7. The number of rotatable bonds is 14. The number of hydrogen-bond donors (Lipinski definition) is 1. The molecule has 2 rings (SSSR count). The predicted octanol–water partition coefficient (Wildman–Crippen LogP) is 6.54. The van der Waals surface area contributed by atoms with Crippen molar-refractivity contribution in [3.8, 4) is 5.75 Å². The zero-order valence-electron chi connectivity index (χ0n) is 23.2. The Morgan fingerprint density at radius 1 is 1.03 bits per heavy atom. The molecule has 0 radical (unpaired) electrons. The van der Waals surface area contributed by atoms with Crippen LogP contribution in [0.4, 0.5) is 4.79 Å². The van der Waals surface area contributed by atoms with E-state index in [0.29, 0.717) is 11.7 Å². The summed E-state index contributed by atoms with van der Waals surface area (Å²) < 4.78 is 41.1. The van der Waals surface area contributed by atoms with Crippen LogP contribution in [0.5, 0.6) is 5.75 Å². The first-order chi connectivity index (χ1) is 17.9. The van der Waals surface area contributed by atoms with Crippen molar-refractivity contribution in [3.63, 3.8) is 0 Å². The fourth-order valence-corrected chi connectivity index (χ4v) is 5.80. The summed E-state index contributed by atoms with van der Waals surface area (Å²) in [6.07, 6.45) is 1.63. The zero-order valence-corrected chi connectivity index (χ0v) is 24.8. The molecule has 9 heteroatoms. The number of carbonyl (C=O) groups is 1. The van der Waals surface area contributed by atoms with Crippen LogP contribution in [-0.2, 0) is 31.4 Å². The molecule has 210 valence electrons. The molecule has 0 bridgehead atoms. The van der Waals surface area contributed by atoms with Crippen LogP contribution in [0.25, 0.3) is 0 Å². The number of nitrogens with one attached hydrogen (secondary N) is 1. The number of benzene rings is 2. The monoisotopic (exact) mass is 563 g/mol. The number of carbonyl (C=O) groups excluding carboxylic acids is 1. The van der Waals surface area contributed by atoms with Gasteiger partial charge in [0.1, 0.15) is 12.4 Å². The highest BCUT2D eigenvalue weighted by Crippen LogP contribution is 2.28. The maximum Gasteiger partial charge on any atom is 0.407 e. The lowest BCUT2D eigenvalue weighted by Gasteiger charge is -2.27. The van der Waals surface area contributed by atoms with Crippen molar-refractivity contribution < 1.29 is 26.9 Å². The van der Waals surface area contributed by atoms with E-state index < -0.39 is 22.3 Å². The molecule has 7 nitrogen and oxygen atoms in total. The Balaban J connectivity index is 2.21. The molecule has 1 N–H and O–H groups in total. The Hall–Kier alpha value is -2.49. The van der Waals surface area contributed by atoms with Gasteiger partial charge in [0.05, 0.1) is 25.2 Å². The second-order valence-corrected chi connectivity index (χ2v) is 13.4. The minimum absolute atomic E-state index is 0.0541. The van der Waals surface area contributed by atoms with Crippen LogP contribution in [0.3, 0.4) is 0 Å². The first-order valence-corrected chi connectivity index (χ1v) is 15.2. The van der Waals surface area contributed by atoms with Gasteiger partial charge in [0.2, 0.25) is 0 Å². The van der Waals surface area contributed by atoms with E-state index in [-0.39, 0.29) is 23.9 Å². The van der Waals surface area contributed by atoms with Crippen LogP contribution in [0, 0.1) is 11.3 Å².